The van der Waals surface area contributed by atoms with Crippen molar-refractivity contribution in [2.45, 2.75) is 75.6 Å². The minimum absolute atomic E-state index is 0.0276. The number of aromatic nitrogens is 2. The Labute approximate surface area is 334 Å². The fourth-order valence-electron chi connectivity index (χ4n) is 7.51. The monoisotopic (exact) mass is 868 g/mol. The van der Waals surface area contributed by atoms with Gasteiger partial charge in [0.25, 0.3) is 0 Å². The summed E-state index contributed by atoms with van der Waals surface area (Å²) < 4.78 is 156. The van der Waals surface area contributed by atoms with Crippen LogP contribution in [0.1, 0.15) is 37.8 Å². The number of nitrogens with two attached hydrogens (primary N) is 2. The molecule has 0 bridgehead atoms. The number of amides is 2. The third kappa shape index (κ3) is 10.8. The highest BCUT2D eigenvalue weighted by molar-refractivity contribution is 5.95. The van der Waals surface area contributed by atoms with E-state index < -0.39 is 71.8 Å². The van der Waals surface area contributed by atoms with E-state index in [0.717, 1.165) is 12.1 Å². The normalized spacial score (nSPS) is 21.5. The molecule has 22 heteroatoms. The molecule has 6 atom stereocenters. The largest absolute Gasteiger partial charge is 0.418 e. The van der Waals surface area contributed by atoms with Gasteiger partial charge >= 0.3 is 24.7 Å². The van der Waals surface area contributed by atoms with E-state index in [0.29, 0.717) is 37.3 Å². The Morgan fingerprint density at radius 1 is 0.600 bits per heavy atom. The van der Waals surface area contributed by atoms with Gasteiger partial charge in [-0.25, -0.2) is 0 Å². The third-order valence-corrected chi connectivity index (χ3v) is 10.1. The summed E-state index contributed by atoms with van der Waals surface area (Å²) in [7, 11) is 0. The molecule has 0 unspecified atom stereocenters. The highest BCUT2D eigenvalue weighted by atomic mass is 19.4. The first kappa shape index (κ1) is 46.0. The van der Waals surface area contributed by atoms with E-state index >= 15 is 0 Å². The maximum atomic E-state index is 13.3. The molecule has 2 fully saturated rings. The van der Waals surface area contributed by atoms with Crippen molar-refractivity contribution in [1.82, 2.24) is 20.6 Å². The maximum absolute atomic E-state index is 13.3. The minimum atomic E-state index is -4.86. The number of hydrogen-bond acceptors (Lipinski definition) is 8. The van der Waals surface area contributed by atoms with Crippen LogP contribution >= 0.6 is 0 Å². The predicted octanol–water partition coefficient (Wildman–Crippen LogP) is 6.95. The van der Waals surface area contributed by atoms with Gasteiger partial charge in [-0.15, -0.1) is 0 Å². The number of piperidine rings is 2. The van der Waals surface area contributed by atoms with Crippen LogP contribution in [-0.2, 0) is 21.9 Å². The lowest BCUT2D eigenvalue weighted by molar-refractivity contribution is -0.164. The second kappa shape index (κ2) is 17.5. The first-order valence-corrected chi connectivity index (χ1v) is 18.4. The number of fused-ring (bicyclic) bond motifs is 2. The highest BCUT2D eigenvalue weighted by Gasteiger charge is 2.44. The van der Waals surface area contributed by atoms with Crippen LogP contribution < -0.4 is 31.9 Å². The lowest BCUT2D eigenvalue weighted by atomic mass is 9.94. The van der Waals surface area contributed by atoms with E-state index in [9.17, 15) is 62.3 Å². The van der Waals surface area contributed by atoms with Gasteiger partial charge in [0.1, 0.15) is 0 Å². The SMILES string of the molecule is C[C@H]1C[C@@H](NC(=O)[C@@H](N)C(F)(F)F)CN(c2ccc(C(F)(F)F)c3ncccc23)C1.C[C@H]1C[C@@H](NC(=O)[C@H](N)C(F)(F)F)CN(c2ccc(C(F)(F)F)c3ncccc23)C1. The van der Waals surface area contributed by atoms with E-state index in [1.807, 2.05) is 13.8 Å². The summed E-state index contributed by atoms with van der Waals surface area (Å²) in [5, 5.41) is 5.19. The molecule has 4 aromatic rings. The smallest absolute Gasteiger partial charge is 0.369 e. The lowest BCUT2D eigenvalue weighted by Gasteiger charge is -2.39. The van der Waals surface area contributed by atoms with E-state index in [1.54, 1.807) is 9.80 Å². The summed E-state index contributed by atoms with van der Waals surface area (Å²) in [4.78, 5) is 35.0. The Morgan fingerprint density at radius 2 is 0.950 bits per heavy atom. The molecule has 2 aromatic carbocycles. The number of carbonyl (C=O) groups excluding carboxylic acids is 2. The van der Waals surface area contributed by atoms with Crippen molar-refractivity contribution >= 4 is 45.0 Å². The number of carbonyl (C=O) groups is 2. The standard InChI is InChI=1S/2C19H20F6N4O/c2*1-10-7-11(28-17(30)16(26)19(23,24)25)9-29(8-10)14-5-4-13(18(20,21)22)15-12(14)3-2-6-27-15/h2*2-6,10-11,16H,7-9,26H2,1H3,(H,28,30)/t10-,11+,16+;10-,11+,16-/m00/s1. The minimum Gasteiger partial charge on any atom is -0.369 e. The zero-order chi connectivity index (χ0) is 44.5. The van der Waals surface area contributed by atoms with Crippen LogP contribution in [0, 0.1) is 11.8 Å². The molecule has 0 saturated carbocycles. The Balaban J connectivity index is 0.000000228. The fraction of sp³-hybridized carbons (Fsp3) is 0.474. The average molecular weight is 869 g/mol. The van der Waals surface area contributed by atoms with Crippen molar-refractivity contribution in [2.75, 3.05) is 36.0 Å². The number of pyridine rings is 2. The van der Waals surface area contributed by atoms with Gasteiger partial charge < -0.3 is 31.9 Å². The molecule has 0 spiro atoms. The number of halogens is 12. The number of rotatable bonds is 6. The number of alkyl halides is 12. The van der Waals surface area contributed by atoms with Gasteiger partial charge in [0.2, 0.25) is 11.8 Å². The van der Waals surface area contributed by atoms with Crippen molar-refractivity contribution in [3.63, 3.8) is 0 Å². The number of anilines is 2. The van der Waals surface area contributed by atoms with Gasteiger partial charge in [-0.3, -0.25) is 19.6 Å². The molecular weight excluding hydrogens is 828 g/mol. The van der Waals surface area contributed by atoms with E-state index in [2.05, 4.69) is 20.6 Å². The van der Waals surface area contributed by atoms with Crippen molar-refractivity contribution in [1.29, 1.82) is 0 Å². The molecule has 2 aliphatic heterocycles. The number of benzene rings is 2. The average Bonchev–Trinajstić information content (AvgIpc) is 3.14. The van der Waals surface area contributed by atoms with Crippen LogP contribution in [0.5, 0.6) is 0 Å². The molecule has 60 heavy (non-hydrogen) atoms. The molecule has 2 amide bonds. The van der Waals surface area contributed by atoms with Gasteiger partial charge in [-0.05, 0) is 73.2 Å². The van der Waals surface area contributed by atoms with Crippen molar-refractivity contribution in [3.8, 4) is 0 Å². The summed E-state index contributed by atoms with van der Waals surface area (Å²) in [6.45, 7) is 4.89. The molecule has 2 saturated heterocycles. The van der Waals surface area contributed by atoms with Crippen LogP contribution in [0.4, 0.5) is 64.1 Å². The quantitative estimate of drug-likeness (QED) is 0.153. The summed E-state index contributed by atoms with van der Waals surface area (Å²) in [6.07, 6.45) is -15.5. The molecular formula is C38H40F12N8O2. The molecule has 6 N–H and O–H groups in total. The van der Waals surface area contributed by atoms with Gasteiger partial charge in [0.05, 0.1) is 22.2 Å². The number of nitrogens with zero attached hydrogens (tertiary/aromatic N) is 4. The summed E-state index contributed by atoms with van der Waals surface area (Å²) in [5.41, 5.74) is 8.70. The van der Waals surface area contributed by atoms with Gasteiger partial charge in [0.15, 0.2) is 12.1 Å². The Bertz CT molecular complexity index is 2010. The van der Waals surface area contributed by atoms with E-state index in [-0.39, 0.29) is 46.7 Å². The second-order valence-electron chi connectivity index (χ2n) is 15.0. The fourth-order valence-corrected chi connectivity index (χ4v) is 7.51. The van der Waals surface area contributed by atoms with Gasteiger partial charge in [0, 0.05) is 72.8 Å². The Morgan fingerprint density at radius 3 is 1.27 bits per heavy atom. The van der Waals surface area contributed by atoms with Crippen molar-refractivity contribution in [2.24, 2.45) is 23.3 Å². The molecule has 0 aliphatic carbocycles. The van der Waals surface area contributed by atoms with E-state index in [4.69, 9.17) is 11.5 Å². The van der Waals surface area contributed by atoms with Crippen molar-refractivity contribution < 1.29 is 62.3 Å². The van der Waals surface area contributed by atoms with Crippen LogP contribution in [0.25, 0.3) is 21.8 Å². The van der Waals surface area contributed by atoms with Crippen molar-refractivity contribution in [3.05, 3.63) is 72.1 Å². The summed E-state index contributed by atoms with van der Waals surface area (Å²) in [5.74, 6) is -2.72. The molecule has 2 aliphatic rings. The third-order valence-electron chi connectivity index (χ3n) is 10.1. The molecule has 0 radical (unpaired) electrons. The maximum Gasteiger partial charge on any atom is 0.418 e. The first-order chi connectivity index (χ1) is 27.8. The predicted molar refractivity (Wildman–Crippen MR) is 197 cm³/mol. The van der Waals surface area contributed by atoms with E-state index in [1.165, 1.54) is 48.8 Å². The van der Waals surface area contributed by atoms with Gasteiger partial charge in [-0.2, -0.15) is 52.7 Å². The Hall–Kier alpha value is -5.12. The molecule has 2 aromatic heterocycles. The zero-order valence-electron chi connectivity index (χ0n) is 31.8. The number of nitrogens with one attached hydrogen (secondary N) is 2. The second-order valence-corrected chi connectivity index (χ2v) is 15.0. The Kier molecular flexibility index (Phi) is 13.4. The highest BCUT2D eigenvalue weighted by Crippen LogP contribution is 2.40. The topological polar surface area (TPSA) is 142 Å². The molecule has 4 heterocycles. The number of hydrogen-bond donors (Lipinski definition) is 4. The van der Waals surface area contributed by atoms with Crippen LogP contribution in [0.2, 0.25) is 0 Å². The summed E-state index contributed by atoms with van der Waals surface area (Å²) in [6, 6.07) is 4.04. The van der Waals surface area contributed by atoms with Gasteiger partial charge in [-0.1, -0.05) is 13.8 Å². The summed E-state index contributed by atoms with van der Waals surface area (Å²) >= 11 is 0. The lowest BCUT2D eigenvalue weighted by Crippen LogP contribution is -2.57. The molecule has 6 rings (SSSR count). The van der Waals surface area contributed by atoms with Crippen LogP contribution in [-0.4, -0.2) is 84.5 Å². The van der Waals surface area contributed by atoms with Crippen LogP contribution in [0.3, 0.4) is 0 Å². The molecule has 10 nitrogen and oxygen atoms in total. The van der Waals surface area contributed by atoms with Crippen LogP contribution in [0.15, 0.2) is 60.9 Å². The first-order valence-electron chi connectivity index (χ1n) is 18.4. The molecule has 328 valence electrons. The zero-order valence-corrected chi connectivity index (χ0v) is 31.8.